The number of benzene rings is 1. The minimum absolute atomic E-state index is 0.0417. The van der Waals surface area contributed by atoms with Crippen LogP contribution in [-0.4, -0.2) is 21.6 Å². The summed E-state index contributed by atoms with van der Waals surface area (Å²) in [6.07, 6.45) is 1.07. The van der Waals surface area contributed by atoms with Crippen LogP contribution in [0.4, 0.5) is 11.4 Å². The number of nitrogens with zero attached hydrogens (tertiary/aromatic N) is 2. The van der Waals surface area contributed by atoms with E-state index in [0.717, 1.165) is 17.0 Å². The SMILES string of the molecule is CC(=O)Nc1ccc(NC(=O)CCc2c(C)nn(C)c2C)cc1. The van der Waals surface area contributed by atoms with Crippen molar-refractivity contribution in [3.8, 4) is 0 Å². The lowest BCUT2D eigenvalue weighted by Crippen LogP contribution is -2.13. The van der Waals surface area contributed by atoms with Crippen LogP contribution in [0.1, 0.15) is 30.3 Å². The molecule has 0 radical (unpaired) electrons. The number of aryl methyl sites for hydroxylation is 2. The van der Waals surface area contributed by atoms with E-state index in [2.05, 4.69) is 15.7 Å². The molecule has 2 aromatic rings. The Kier molecular flexibility index (Phi) is 5.16. The van der Waals surface area contributed by atoms with E-state index in [1.54, 1.807) is 24.3 Å². The number of carbonyl (C=O) groups is 2. The maximum absolute atomic E-state index is 12.1. The predicted octanol–water partition coefficient (Wildman–Crippen LogP) is 2.57. The van der Waals surface area contributed by atoms with Crippen molar-refractivity contribution in [1.29, 1.82) is 0 Å². The number of amides is 2. The van der Waals surface area contributed by atoms with Gasteiger partial charge in [-0.05, 0) is 50.1 Å². The number of aromatic nitrogens is 2. The quantitative estimate of drug-likeness (QED) is 0.890. The molecule has 6 nitrogen and oxygen atoms in total. The highest BCUT2D eigenvalue weighted by Crippen LogP contribution is 2.16. The van der Waals surface area contributed by atoms with Crippen molar-refractivity contribution in [2.24, 2.45) is 7.05 Å². The Morgan fingerprint density at radius 2 is 1.65 bits per heavy atom. The van der Waals surface area contributed by atoms with E-state index in [4.69, 9.17) is 0 Å². The summed E-state index contributed by atoms with van der Waals surface area (Å²) in [4.78, 5) is 23.0. The molecule has 6 heteroatoms. The van der Waals surface area contributed by atoms with Crippen molar-refractivity contribution in [2.45, 2.75) is 33.6 Å². The van der Waals surface area contributed by atoms with Gasteiger partial charge in [-0.3, -0.25) is 14.3 Å². The van der Waals surface area contributed by atoms with Gasteiger partial charge in [0.2, 0.25) is 11.8 Å². The molecule has 122 valence electrons. The fourth-order valence-corrected chi connectivity index (χ4v) is 2.48. The molecule has 0 aliphatic rings. The van der Waals surface area contributed by atoms with Gasteiger partial charge in [0, 0.05) is 37.5 Å². The zero-order chi connectivity index (χ0) is 17.0. The Bertz CT molecular complexity index is 717. The van der Waals surface area contributed by atoms with E-state index in [1.807, 2.05) is 25.6 Å². The van der Waals surface area contributed by atoms with Crippen molar-refractivity contribution in [3.05, 3.63) is 41.2 Å². The van der Waals surface area contributed by atoms with Crippen LogP contribution in [0.3, 0.4) is 0 Å². The molecule has 0 aliphatic carbocycles. The molecule has 1 aromatic carbocycles. The van der Waals surface area contributed by atoms with Crippen molar-refractivity contribution < 1.29 is 9.59 Å². The second-order valence-corrected chi connectivity index (χ2v) is 5.58. The minimum atomic E-state index is -0.121. The highest BCUT2D eigenvalue weighted by Gasteiger charge is 2.11. The number of hydrogen-bond donors (Lipinski definition) is 2. The third-order valence-corrected chi connectivity index (χ3v) is 3.75. The number of hydrogen-bond acceptors (Lipinski definition) is 3. The van der Waals surface area contributed by atoms with Crippen LogP contribution in [0.25, 0.3) is 0 Å². The number of anilines is 2. The van der Waals surface area contributed by atoms with Gasteiger partial charge in [-0.25, -0.2) is 0 Å². The maximum atomic E-state index is 12.1. The molecule has 0 spiro atoms. The summed E-state index contributed by atoms with van der Waals surface area (Å²) in [5, 5.41) is 9.90. The van der Waals surface area contributed by atoms with Crippen LogP contribution in [0.15, 0.2) is 24.3 Å². The summed E-state index contributed by atoms with van der Waals surface area (Å²) in [6, 6.07) is 7.05. The van der Waals surface area contributed by atoms with Gasteiger partial charge >= 0.3 is 0 Å². The summed E-state index contributed by atoms with van der Waals surface area (Å²) in [7, 11) is 1.91. The molecule has 0 saturated carbocycles. The fraction of sp³-hybridized carbons (Fsp3) is 0.353. The third-order valence-electron chi connectivity index (χ3n) is 3.75. The van der Waals surface area contributed by atoms with Gasteiger partial charge in [-0.1, -0.05) is 0 Å². The van der Waals surface area contributed by atoms with Crippen LogP contribution in [0.2, 0.25) is 0 Å². The first-order chi connectivity index (χ1) is 10.9. The second kappa shape index (κ2) is 7.09. The second-order valence-electron chi connectivity index (χ2n) is 5.58. The van der Waals surface area contributed by atoms with Crippen LogP contribution >= 0.6 is 0 Å². The first-order valence-electron chi connectivity index (χ1n) is 7.53. The van der Waals surface area contributed by atoms with Gasteiger partial charge in [-0.2, -0.15) is 5.10 Å². The summed E-state index contributed by atoms with van der Waals surface area (Å²) >= 11 is 0. The van der Waals surface area contributed by atoms with Crippen LogP contribution < -0.4 is 10.6 Å². The average Bonchev–Trinajstić information content (AvgIpc) is 2.72. The summed E-state index contributed by atoms with van der Waals surface area (Å²) in [5.41, 5.74) is 4.61. The molecule has 1 aromatic heterocycles. The topological polar surface area (TPSA) is 76.0 Å². The molecular formula is C17H22N4O2. The molecular weight excluding hydrogens is 292 g/mol. The molecule has 0 unspecified atom stereocenters. The molecule has 0 saturated heterocycles. The standard InChI is InChI=1S/C17H22N4O2/c1-11-16(12(2)21(4)20-11)9-10-17(23)19-15-7-5-14(6-8-15)18-13(3)22/h5-8H,9-10H2,1-4H3,(H,18,22)(H,19,23). The molecule has 2 amide bonds. The lowest BCUT2D eigenvalue weighted by Gasteiger charge is -2.07. The molecule has 2 N–H and O–H groups in total. The Morgan fingerprint density at radius 3 is 2.13 bits per heavy atom. The number of rotatable bonds is 5. The summed E-state index contributed by atoms with van der Waals surface area (Å²) in [5.74, 6) is -0.163. The van der Waals surface area contributed by atoms with E-state index >= 15 is 0 Å². The Labute approximate surface area is 135 Å². The lowest BCUT2D eigenvalue weighted by atomic mass is 10.1. The van der Waals surface area contributed by atoms with Crippen molar-refractivity contribution in [1.82, 2.24) is 9.78 Å². The molecule has 0 aliphatic heterocycles. The molecule has 0 atom stereocenters. The molecule has 0 fully saturated rings. The van der Waals surface area contributed by atoms with Gasteiger partial charge in [0.05, 0.1) is 5.69 Å². The van der Waals surface area contributed by atoms with Gasteiger partial charge in [0.15, 0.2) is 0 Å². The van der Waals surface area contributed by atoms with E-state index in [1.165, 1.54) is 6.92 Å². The first-order valence-corrected chi connectivity index (χ1v) is 7.53. The molecule has 23 heavy (non-hydrogen) atoms. The van der Waals surface area contributed by atoms with E-state index < -0.39 is 0 Å². The van der Waals surface area contributed by atoms with Gasteiger partial charge < -0.3 is 10.6 Å². The van der Waals surface area contributed by atoms with Crippen LogP contribution in [-0.2, 0) is 23.1 Å². The number of carbonyl (C=O) groups excluding carboxylic acids is 2. The highest BCUT2D eigenvalue weighted by atomic mass is 16.2. The van der Waals surface area contributed by atoms with Crippen molar-refractivity contribution >= 4 is 23.2 Å². The van der Waals surface area contributed by atoms with Gasteiger partial charge in [0.25, 0.3) is 0 Å². The monoisotopic (exact) mass is 314 g/mol. The van der Waals surface area contributed by atoms with Crippen molar-refractivity contribution in [2.75, 3.05) is 10.6 Å². The zero-order valence-corrected chi connectivity index (χ0v) is 13.9. The van der Waals surface area contributed by atoms with E-state index in [-0.39, 0.29) is 11.8 Å². The Hall–Kier alpha value is -2.63. The maximum Gasteiger partial charge on any atom is 0.224 e. The lowest BCUT2D eigenvalue weighted by molar-refractivity contribution is -0.116. The minimum Gasteiger partial charge on any atom is -0.326 e. The van der Waals surface area contributed by atoms with E-state index in [9.17, 15) is 9.59 Å². The number of nitrogens with one attached hydrogen (secondary N) is 2. The smallest absolute Gasteiger partial charge is 0.224 e. The van der Waals surface area contributed by atoms with Gasteiger partial charge in [-0.15, -0.1) is 0 Å². The van der Waals surface area contributed by atoms with Crippen LogP contribution in [0.5, 0.6) is 0 Å². The predicted molar refractivity (Wildman–Crippen MR) is 90.4 cm³/mol. The Morgan fingerprint density at radius 1 is 1.09 bits per heavy atom. The summed E-state index contributed by atoms with van der Waals surface area (Å²) in [6.45, 7) is 5.42. The highest BCUT2D eigenvalue weighted by molar-refractivity contribution is 5.92. The molecule has 0 bridgehead atoms. The fourth-order valence-electron chi connectivity index (χ4n) is 2.48. The molecule has 1 heterocycles. The van der Waals surface area contributed by atoms with Crippen molar-refractivity contribution in [3.63, 3.8) is 0 Å². The average molecular weight is 314 g/mol. The van der Waals surface area contributed by atoms with Gasteiger partial charge in [0.1, 0.15) is 0 Å². The largest absolute Gasteiger partial charge is 0.326 e. The van der Waals surface area contributed by atoms with Crippen LogP contribution in [0, 0.1) is 13.8 Å². The Balaban J connectivity index is 1.90. The molecule has 2 rings (SSSR count). The third kappa shape index (κ3) is 4.42. The zero-order valence-electron chi connectivity index (χ0n) is 13.9. The van der Waals surface area contributed by atoms with E-state index in [0.29, 0.717) is 24.2 Å². The first kappa shape index (κ1) is 16.7. The normalized spacial score (nSPS) is 10.4. The summed E-state index contributed by atoms with van der Waals surface area (Å²) < 4.78 is 1.84.